The predicted octanol–water partition coefficient (Wildman–Crippen LogP) is 4.17. The molecule has 0 unspecified atom stereocenters. The number of hydrogen-bond donors (Lipinski definition) is 0. The van der Waals surface area contributed by atoms with Crippen LogP contribution in [0.2, 0.25) is 0 Å². The van der Waals surface area contributed by atoms with Crippen LogP contribution in [0.4, 0.5) is 10.5 Å². The summed E-state index contributed by atoms with van der Waals surface area (Å²) in [5, 5.41) is 0. The lowest BCUT2D eigenvalue weighted by atomic mass is 9.80. The summed E-state index contributed by atoms with van der Waals surface area (Å²) in [5.74, 6) is 0.934. The van der Waals surface area contributed by atoms with Gasteiger partial charge in [0.15, 0.2) is 0 Å². The maximum absolute atomic E-state index is 12.5. The fraction of sp³-hybridized carbons (Fsp3) is 0.632. The van der Waals surface area contributed by atoms with Crippen molar-refractivity contribution in [3.05, 3.63) is 27.7 Å². The Labute approximate surface area is 152 Å². The Hall–Kier alpha value is -1.23. The molecule has 4 rings (SSSR count). The van der Waals surface area contributed by atoms with Crippen molar-refractivity contribution >= 4 is 27.7 Å². The summed E-state index contributed by atoms with van der Waals surface area (Å²) >= 11 is 3.68. The molecule has 24 heavy (non-hydrogen) atoms. The Bertz CT molecular complexity index is 683. The average molecular weight is 393 g/mol. The standard InChI is InChI=1S/C19H25BrN2O2/c1-19(2,3)24-18(23)22-10-13-9-21-6-4-5-12-7-14(20)8-15(17(12)21)16(13)11-22/h7-8,13,16H,4-6,9-11H2,1-3H3/t13-,16+/m0/s1. The van der Waals surface area contributed by atoms with E-state index in [-0.39, 0.29) is 6.09 Å². The van der Waals surface area contributed by atoms with Crippen molar-refractivity contribution < 1.29 is 9.53 Å². The van der Waals surface area contributed by atoms with E-state index in [1.807, 2.05) is 25.7 Å². The van der Waals surface area contributed by atoms with Crippen molar-refractivity contribution in [3.63, 3.8) is 0 Å². The summed E-state index contributed by atoms with van der Waals surface area (Å²) in [5.41, 5.74) is 3.88. The quantitative estimate of drug-likeness (QED) is 0.664. The van der Waals surface area contributed by atoms with E-state index < -0.39 is 5.60 Å². The van der Waals surface area contributed by atoms with Crippen LogP contribution < -0.4 is 4.90 Å². The number of halogens is 1. The maximum Gasteiger partial charge on any atom is 0.410 e. The third-order valence-corrected chi connectivity index (χ3v) is 5.78. The van der Waals surface area contributed by atoms with Gasteiger partial charge >= 0.3 is 6.09 Å². The number of amides is 1. The fourth-order valence-corrected chi connectivity index (χ4v) is 4.98. The second-order valence-electron chi connectivity index (χ2n) is 8.30. The number of nitrogens with zero attached hydrogens (tertiary/aromatic N) is 2. The minimum Gasteiger partial charge on any atom is -0.444 e. The number of benzene rings is 1. The van der Waals surface area contributed by atoms with Crippen molar-refractivity contribution in [1.82, 2.24) is 4.90 Å². The molecule has 1 fully saturated rings. The zero-order valence-electron chi connectivity index (χ0n) is 14.6. The molecule has 3 heterocycles. The van der Waals surface area contributed by atoms with Crippen LogP contribution in [0.1, 0.15) is 44.2 Å². The topological polar surface area (TPSA) is 32.8 Å². The number of fused-ring (bicyclic) bond motifs is 2. The Balaban J connectivity index is 1.63. The molecular formula is C19H25BrN2O2. The molecule has 0 aliphatic carbocycles. The van der Waals surface area contributed by atoms with E-state index >= 15 is 0 Å². The van der Waals surface area contributed by atoms with Crippen molar-refractivity contribution in [3.8, 4) is 0 Å². The highest BCUT2D eigenvalue weighted by Gasteiger charge is 2.44. The van der Waals surface area contributed by atoms with Crippen LogP contribution >= 0.6 is 15.9 Å². The highest BCUT2D eigenvalue weighted by Crippen LogP contribution is 2.47. The maximum atomic E-state index is 12.5. The number of hydrogen-bond acceptors (Lipinski definition) is 3. The van der Waals surface area contributed by atoms with E-state index in [2.05, 4.69) is 33.0 Å². The van der Waals surface area contributed by atoms with Crippen molar-refractivity contribution in [2.75, 3.05) is 31.1 Å². The molecule has 1 saturated heterocycles. The highest BCUT2D eigenvalue weighted by atomic mass is 79.9. The molecule has 1 amide bonds. The van der Waals surface area contributed by atoms with Crippen molar-refractivity contribution in [1.29, 1.82) is 0 Å². The molecule has 1 aromatic carbocycles. The van der Waals surface area contributed by atoms with E-state index in [1.165, 1.54) is 23.2 Å². The number of carbonyl (C=O) groups is 1. The van der Waals surface area contributed by atoms with Gasteiger partial charge in [0.05, 0.1) is 0 Å². The third kappa shape index (κ3) is 2.81. The molecule has 3 aliphatic heterocycles. The molecule has 4 nitrogen and oxygen atoms in total. The Morgan fingerprint density at radius 3 is 2.79 bits per heavy atom. The molecule has 3 aliphatic rings. The van der Waals surface area contributed by atoms with Gasteiger partial charge in [-0.2, -0.15) is 0 Å². The molecule has 1 aromatic rings. The highest BCUT2D eigenvalue weighted by molar-refractivity contribution is 9.10. The van der Waals surface area contributed by atoms with E-state index in [0.29, 0.717) is 11.8 Å². The number of anilines is 1. The van der Waals surface area contributed by atoms with Gasteiger partial charge in [-0.3, -0.25) is 0 Å². The number of ether oxygens (including phenoxy) is 1. The number of aryl methyl sites for hydroxylation is 1. The first-order valence-corrected chi connectivity index (χ1v) is 9.66. The van der Waals surface area contributed by atoms with Crippen molar-refractivity contribution in [2.24, 2.45) is 5.92 Å². The van der Waals surface area contributed by atoms with Crippen LogP contribution in [0.15, 0.2) is 16.6 Å². The Morgan fingerprint density at radius 1 is 1.25 bits per heavy atom. The van der Waals surface area contributed by atoms with Gasteiger partial charge in [0, 0.05) is 48.2 Å². The smallest absolute Gasteiger partial charge is 0.410 e. The second kappa shape index (κ2) is 5.65. The monoisotopic (exact) mass is 392 g/mol. The molecule has 2 atom stereocenters. The van der Waals surface area contributed by atoms with Crippen LogP contribution in [-0.4, -0.2) is 42.8 Å². The fourth-order valence-electron chi connectivity index (χ4n) is 4.46. The molecule has 130 valence electrons. The van der Waals surface area contributed by atoms with Crippen LogP contribution in [0.3, 0.4) is 0 Å². The minimum atomic E-state index is -0.437. The van der Waals surface area contributed by atoms with E-state index in [0.717, 1.165) is 37.1 Å². The molecule has 5 heteroatoms. The first-order valence-electron chi connectivity index (χ1n) is 8.87. The van der Waals surface area contributed by atoms with Gasteiger partial charge in [-0.25, -0.2) is 4.79 Å². The van der Waals surface area contributed by atoms with Gasteiger partial charge < -0.3 is 14.5 Å². The summed E-state index contributed by atoms with van der Waals surface area (Å²) in [6, 6.07) is 4.54. The molecular weight excluding hydrogens is 368 g/mol. The molecule has 0 aromatic heterocycles. The van der Waals surface area contributed by atoms with E-state index in [1.54, 1.807) is 0 Å². The zero-order valence-corrected chi connectivity index (χ0v) is 16.2. The predicted molar refractivity (Wildman–Crippen MR) is 98.7 cm³/mol. The second-order valence-corrected chi connectivity index (χ2v) is 9.22. The summed E-state index contributed by atoms with van der Waals surface area (Å²) in [6.07, 6.45) is 2.21. The van der Waals surface area contributed by atoms with Crippen LogP contribution in [0.25, 0.3) is 0 Å². The van der Waals surface area contributed by atoms with Crippen LogP contribution in [0, 0.1) is 5.92 Å². The zero-order chi connectivity index (χ0) is 17.1. The number of likely N-dealkylation sites (tertiary alicyclic amines) is 1. The van der Waals surface area contributed by atoms with E-state index in [9.17, 15) is 4.79 Å². The normalized spacial score (nSPS) is 25.3. The molecule has 0 radical (unpaired) electrons. The number of carbonyl (C=O) groups excluding carboxylic acids is 1. The lowest BCUT2D eigenvalue weighted by molar-refractivity contribution is 0.0287. The van der Waals surface area contributed by atoms with Crippen LogP contribution in [-0.2, 0) is 11.2 Å². The lowest BCUT2D eigenvalue weighted by Crippen LogP contribution is -2.41. The lowest BCUT2D eigenvalue weighted by Gasteiger charge is -2.41. The number of rotatable bonds is 0. The van der Waals surface area contributed by atoms with Gasteiger partial charge in [-0.05, 0) is 56.9 Å². The average Bonchev–Trinajstić information content (AvgIpc) is 2.89. The van der Waals surface area contributed by atoms with E-state index in [4.69, 9.17) is 4.74 Å². The summed E-state index contributed by atoms with van der Waals surface area (Å²) < 4.78 is 6.75. The largest absolute Gasteiger partial charge is 0.444 e. The van der Waals surface area contributed by atoms with Gasteiger partial charge in [-0.1, -0.05) is 15.9 Å². The van der Waals surface area contributed by atoms with Gasteiger partial charge in [0.2, 0.25) is 0 Å². The molecule has 0 bridgehead atoms. The molecule has 0 N–H and O–H groups in total. The third-order valence-electron chi connectivity index (χ3n) is 5.32. The van der Waals surface area contributed by atoms with Gasteiger partial charge in [-0.15, -0.1) is 0 Å². The molecule has 0 spiro atoms. The first kappa shape index (κ1) is 16.2. The summed E-state index contributed by atoms with van der Waals surface area (Å²) in [4.78, 5) is 16.9. The van der Waals surface area contributed by atoms with Gasteiger partial charge in [0.25, 0.3) is 0 Å². The SMILES string of the molecule is CC(C)(C)OC(=O)N1C[C@@H]2CN3CCCc4cc(Br)cc(c43)[C@@H]2C1. The first-order chi connectivity index (χ1) is 11.3. The van der Waals surface area contributed by atoms with Crippen LogP contribution in [0.5, 0.6) is 0 Å². The minimum absolute atomic E-state index is 0.171. The Morgan fingerprint density at radius 2 is 2.04 bits per heavy atom. The van der Waals surface area contributed by atoms with Gasteiger partial charge in [0.1, 0.15) is 5.60 Å². The Kier molecular flexibility index (Phi) is 3.83. The summed E-state index contributed by atoms with van der Waals surface area (Å²) in [6.45, 7) is 9.56. The van der Waals surface area contributed by atoms with Crippen molar-refractivity contribution in [2.45, 2.75) is 45.1 Å². The molecule has 0 saturated carbocycles. The summed E-state index contributed by atoms with van der Waals surface area (Å²) in [7, 11) is 0.